The summed E-state index contributed by atoms with van der Waals surface area (Å²) in [6, 6.07) is 28.1. The second-order valence-corrected chi connectivity index (χ2v) is 11.1. The number of para-hydroxylation sites is 1. The predicted molar refractivity (Wildman–Crippen MR) is 168 cm³/mol. The van der Waals surface area contributed by atoms with Gasteiger partial charge in [-0.15, -0.1) is 0 Å². The van der Waals surface area contributed by atoms with E-state index in [1.807, 2.05) is 77.4 Å². The topological polar surface area (TPSA) is 92.7 Å². The first-order valence-electron chi connectivity index (χ1n) is 14.5. The van der Waals surface area contributed by atoms with Crippen LogP contribution in [0.15, 0.2) is 102 Å². The van der Waals surface area contributed by atoms with Crippen molar-refractivity contribution in [2.75, 3.05) is 30.4 Å². The monoisotopic (exact) mass is 574 g/mol. The normalized spacial score (nSPS) is 17.3. The van der Waals surface area contributed by atoms with Gasteiger partial charge >= 0.3 is 0 Å². The largest absolute Gasteiger partial charge is 0.496 e. The minimum atomic E-state index is -0.286. The minimum Gasteiger partial charge on any atom is -0.496 e. The maximum atomic E-state index is 13.3. The van der Waals surface area contributed by atoms with E-state index in [4.69, 9.17) is 4.74 Å². The van der Waals surface area contributed by atoms with Crippen LogP contribution >= 0.6 is 0 Å². The summed E-state index contributed by atoms with van der Waals surface area (Å²) in [6.45, 7) is 2.44. The third-order valence-corrected chi connectivity index (χ3v) is 8.20. The number of nitrogens with one attached hydrogen (secondary N) is 2. The highest BCUT2D eigenvalue weighted by atomic mass is 16.5. The zero-order valence-electron chi connectivity index (χ0n) is 24.0. The summed E-state index contributed by atoms with van der Waals surface area (Å²) in [5.41, 5.74) is 4.74. The maximum Gasteiger partial charge on any atom is 0.251 e. The van der Waals surface area contributed by atoms with Crippen LogP contribution < -0.4 is 25.8 Å². The SMILES string of the molecule is COc1ccccc1CNC(=O)c1ccc(N2C[C@H]3C[C@@H](C2)c2cccc(=O)n2C3)c(NC(=O)/C=C/c2ccccc2)c1. The summed E-state index contributed by atoms with van der Waals surface area (Å²) in [5, 5.41) is 6.01. The number of amides is 2. The van der Waals surface area contributed by atoms with Gasteiger partial charge in [0.15, 0.2) is 0 Å². The number of rotatable bonds is 8. The Hall–Kier alpha value is -5.11. The smallest absolute Gasteiger partial charge is 0.251 e. The molecule has 2 atom stereocenters. The molecule has 4 aromatic rings. The minimum absolute atomic E-state index is 0.0438. The van der Waals surface area contributed by atoms with Crippen LogP contribution in [0.1, 0.15) is 39.5 Å². The molecule has 2 bridgehead atoms. The fourth-order valence-electron chi connectivity index (χ4n) is 6.18. The maximum absolute atomic E-state index is 13.3. The highest BCUT2D eigenvalue weighted by Crippen LogP contribution is 2.39. The second kappa shape index (κ2) is 12.4. The van der Waals surface area contributed by atoms with Crippen LogP contribution in [0.5, 0.6) is 5.75 Å². The average molecular weight is 575 g/mol. The molecule has 1 fully saturated rings. The van der Waals surface area contributed by atoms with Crippen molar-refractivity contribution < 1.29 is 14.3 Å². The number of nitrogens with zero attached hydrogens (tertiary/aromatic N) is 2. The fourth-order valence-corrected chi connectivity index (χ4v) is 6.18. The molecule has 1 aromatic heterocycles. The lowest BCUT2D eigenvalue weighted by Crippen LogP contribution is -2.47. The lowest BCUT2D eigenvalue weighted by Gasteiger charge is -2.44. The highest BCUT2D eigenvalue weighted by molar-refractivity contribution is 6.05. The van der Waals surface area contributed by atoms with E-state index in [9.17, 15) is 14.4 Å². The van der Waals surface area contributed by atoms with Crippen LogP contribution in [0.4, 0.5) is 11.4 Å². The first-order valence-corrected chi connectivity index (χ1v) is 14.5. The van der Waals surface area contributed by atoms with Crippen molar-refractivity contribution in [3.8, 4) is 5.75 Å². The number of anilines is 2. The molecule has 2 amide bonds. The van der Waals surface area contributed by atoms with Gasteiger partial charge in [-0.2, -0.15) is 0 Å². The molecule has 1 saturated heterocycles. The first-order chi connectivity index (χ1) is 21.0. The Morgan fingerprint density at radius 3 is 2.58 bits per heavy atom. The number of methoxy groups -OCH3 is 1. The number of carbonyl (C=O) groups is 2. The Kier molecular flexibility index (Phi) is 8.09. The fraction of sp³-hybridized carbons (Fsp3) is 0.229. The number of benzene rings is 3. The molecule has 2 N–H and O–H groups in total. The molecule has 0 aliphatic carbocycles. The number of fused-ring (bicyclic) bond motifs is 4. The zero-order chi connectivity index (χ0) is 29.8. The van der Waals surface area contributed by atoms with Crippen LogP contribution in [-0.2, 0) is 17.9 Å². The molecule has 3 aromatic carbocycles. The summed E-state index contributed by atoms with van der Waals surface area (Å²) in [6.07, 6.45) is 4.28. The molecular weight excluding hydrogens is 540 g/mol. The number of aromatic nitrogens is 1. The summed E-state index contributed by atoms with van der Waals surface area (Å²) in [5.74, 6) is 0.668. The molecule has 8 heteroatoms. The van der Waals surface area contributed by atoms with Crippen molar-refractivity contribution in [3.05, 3.63) is 130 Å². The van der Waals surface area contributed by atoms with E-state index < -0.39 is 0 Å². The van der Waals surface area contributed by atoms with Crippen LogP contribution in [0, 0.1) is 5.92 Å². The van der Waals surface area contributed by atoms with Gasteiger partial charge in [-0.25, -0.2) is 0 Å². The number of piperidine rings is 1. The molecule has 43 heavy (non-hydrogen) atoms. The Morgan fingerprint density at radius 2 is 1.74 bits per heavy atom. The van der Waals surface area contributed by atoms with Gasteiger partial charge in [-0.1, -0.05) is 54.6 Å². The number of hydrogen-bond donors (Lipinski definition) is 2. The molecule has 6 rings (SSSR count). The van der Waals surface area contributed by atoms with Crippen molar-refractivity contribution in [1.29, 1.82) is 0 Å². The molecule has 0 saturated carbocycles. The van der Waals surface area contributed by atoms with Crippen molar-refractivity contribution >= 4 is 29.3 Å². The Bertz CT molecular complexity index is 1730. The van der Waals surface area contributed by atoms with Crippen LogP contribution in [0.2, 0.25) is 0 Å². The highest BCUT2D eigenvalue weighted by Gasteiger charge is 2.35. The molecule has 0 radical (unpaired) electrons. The van der Waals surface area contributed by atoms with E-state index in [0.717, 1.165) is 35.5 Å². The molecule has 0 unspecified atom stereocenters. The Balaban J connectivity index is 1.27. The summed E-state index contributed by atoms with van der Waals surface area (Å²) in [7, 11) is 1.60. The van der Waals surface area contributed by atoms with E-state index >= 15 is 0 Å². The molecule has 8 nitrogen and oxygen atoms in total. The van der Waals surface area contributed by atoms with E-state index in [2.05, 4.69) is 15.5 Å². The first kappa shape index (κ1) is 28.0. The van der Waals surface area contributed by atoms with Gasteiger partial charge in [0.05, 0.1) is 18.5 Å². The Morgan fingerprint density at radius 1 is 0.930 bits per heavy atom. The molecule has 0 spiro atoms. The zero-order valence-corrected chi connectivity index (χ0v) is 24.0. The van der Waals surface area contributed by atoms with Gasteiger partial charge < -0.3 is 24.8 Å². The number of hydrogen-bond acceptors (Lipinski definition) is 5. The van der Waals surface area contributed by atoms with Gasteiger partial charge in [0.25, 0.3) is 11.5 Å². The van der Waals surface area contributed by atoms with Gasteiger partial charge in [0, 0.05) is 61.1 Å². The van der Waals surface area contributed by atoms with E-state index in [1.165, 1.54) is 6.08 Å². The molecule has 2 aliphatic heterocycles. The van der Waals surface area contributed by atoms with Gasteiger partial charge in [-0.3, -0.25) is 14.4 Å². The van der Waals surface area contributed by atoms with E-state index in [1.54, 1.807) is 31.4 Å². The second-order valence-electron chi connectivity index (χ2n) is 11.1. The van der Waals surface area contributed by atoms with Gasteiger partial charge in [0.1, 0.15) is 5.75 Å². The van der Waals surface area contributed by atoms with E-state index in [0.29, 0.717) is 42.6 Å². The standard InChI is InChI=1S/C35H34N4O4/c1-43-32-12-6-5-10-27(32)20-36-35(42)26-15-16-31(29(19-26)37-33(40)17-14-24-8-3-2-4-9-24)38-21-25-18-28(23-38)30-11-7-13-34(41)39(30)22-25/h2-17,19,25,28H,18,20-23H2,1H3,(H,36,42)(H,37,40)/b17-14+/t25-,28+/m1/s1. The van der Waals surface area contributed by atoms with Crippen molar-refractivity contribution in [1.82, 2.24) is 9.88 Å². The van der Waals surface area contributed by atoms with Gasteiger partial charge in [0.2, 0.25) is 5.91 Å². The summed E-state index contributed by atoms with van der Waals surface area (Å²) >= 11 is 0. The van der Waals surface area contributed by atoms with Gasteiger partial charge in [-0.05, 0) is 54.3 Å². The summed E-state index contributed by atoms with van der Waals surface area (Å²) < 4.78 is 7.32. The lowest BCUT2D eigenvalue weighted by atomic mass is 9.83. The number of ether oxygens (including phenoxy) is 1. The van der Waals surface area contributed by atoms with E-state index in [-0.39, 0.29) is 23.3 Å². The Labute approximate surface area is 250 Å². The van der Waals surface area contributed by atoms with Crippen LogP contribution in [0.3, 0.4) is 0 Å². The van der Waals surface area contributed by atoms with Crippen molar-refractivity contribution in [3.63, 3.8) is 0 Å². The van der Waals surface area contributed by atoms with Crippen molar-refractivity contribution in [2.24, 2.45) is 5.92 Å². The molecule has 2 aliphatic rings. The average Bonchev–Trinajstić information content (AvgIpc) is 3.03. The van der Waals surface area contributed by atoms with Crippen LogP contribution in [0.25, 0.3) is 6.08 Å². The number of pyridine rings is 1. The molecule has 3 heterocycles. The molecule has 218 valence electrons. The van der Waals surface area contributed by atoms with Crippen molar-refractivity contribution in [2.45, 2.75) is 25.4 Å². The lowest BCUT2D eigenvalue weighted by molar-refractivity contribution is -0.111. The third-order valence-electron chi connectivity index (χ3n) is 8.20. The van der Waals surface area contributed by atoms with Crippen LogP contribution in [-0.4, -0.2) is 36.6 Å². The predicted octanol–water partition coefficient (Wildman–Crippen LogP) is 5.06. The quantitative estimate of drug-likeness (QED) is 0.287. The summed E-state index contributed by atoms with van der Waals surface area (Å²) in [4.78, 5) is 41.2. The third kappa shape index (κ3) is 6.23. The molecular formula is C35H34N4O4. The number of carbonyl (C=O) groups excluding carboxylic acids is 2.